The lowest BCUT2D eigenvalue weighted by atomic mass is 10.0. The molecular formula is C15H22N4O2. The molecule has 0 fully saturated rings. The van der Waals surface area contributed by atoms with E-state index in [0.717, 1.165) is 5.82 Å². The standard InChI is InChI=1S/C15H22N4O2/c1-11(2)13(6-9-20)17-14(21)12-10-16-18(3)15(12)19-7-4-5-8-19/h4-5,7-8,10-11,13,20H,6,9H2,1-3H3,(H,17,21). The molecule has 2 heterocycles. The van der Waals surface area contributed by atoms with Crippen molar-refractivity contribution >= 4 is 5.91 Å². The number of aryl methyl sites for hydroxylation is 1. The van der Waals surface area contributed by atoms with Crippen LogP contribution >= 0.6 is 0 Å². The van der Waals surface area contributed by atoms with Crippen molar-refractivity contribution in [3.8, 4) is 5.82 Å². The van der Waals surface area contributed by atoms with Crippen LogP contribution in [0.15, 0.2) is 30.7 Å². The molecule has 1 amide bonds. The number of aliphatic hydroxyl groups is 1. The number of nitrogens with one attached hydrogen (secondary N) is 1. The van der Waals surface area contributed by atoms with Gasteiger partial charge in [0.2, 0.25) is 0 Å². The minimum atomic E-state index is -0.168. The summed E-state index contributed by atoms with van der Waals surface area (Å²) in [5.74, 6) is 0.816. The van der Waals surface area contributed by atoms with Gasteiger partial charge in [-0.2, -0.15) is 5.10 Å². The summed E-state index contributed by atoms with van der Waals surface area (Å²) in [6.45, 7) is 4.11. The number of hydrogen-bond donors (Lipinski definition) is 2. The Hall–Kier alpha value is -2.08. The quantitative estimate of drug-likeness (QED) is 0.843. The third-order valence-corrected chi connectivity index (χ3v) is 3.56. The molecule has 0 saturated carbocycles. The van der Waals surface area contributed by atoms with E-state index in [1.165, 1.54) is 0 Å². The predicted molar refractivity (Wildman–Crippen MR) is 80.3 cm³/mol. The van der Waals surface area contributed by atoms with Crippen LogP contribution in [0.3, 0.4) is 0 Å². The molecular weight excluding hydrogens is 268 g/mol. The average Bonchev–Trinajstić information content (AvgIpc) is 3.06. The number of aliphatic hydroxyl groups excluding tert-OH is 1. The van der Waals surface area contributed by atoms with Crippen LogP contribution in [0.5, 0.6) is 0 Å². The van der Waals surface area contributed by atoms with Crippen molar-refractivity contribution in [2.45, 2.75) is 26.3 Å². The molecule has 21 heavy (non-hydrogen) atoms. The third-order valence-electron chi connectivity index (χ3n) is 3.56. The summed E-state index contributed by atoms with van der Waals surface area (Å²) in [5.41, 5.74) is 0.525. The number of hydrogen-bond acceptors (Lipinski definition) is 3. The number of rotatable bonds is 6. The molecule has 0 radical (unpaired) electrons. The first-order valence-corrected chi connectivity index (χ1v) is 7.11. The van der Waals surface area contributed by atoms with Crippen molar-refractivity contribution in [3.63, 3.8) is 0 Å². The van der Waals surface area contributed by atoms with Crippen molar-refractivity contribution in [3.05, 3.63) is 36.3 Å². The fourth-order valence-electron chi connectivity index (χ4n) is 2.33. The Morgan fingerprint density at radius 1 is 1.38 bits per heavy atom. The van der Waals surface area contributed by atoms with Crippen molar-refractivity contribution in [1.82, 2.24) is 19.7 Å². The lowest BCUT2D eigenvalue weighted by Crippen LogP contribution is -2.39. The zero-order chi connectivity index (χ0) is 15.4. The van der Waals surface area contributed by atoms with Crippen LogP contribution in [-0.4, -0.2) is 38.0 Å². The van der Waals surface area contributed by atoms with Crippen LogP contribution in [0.25, 0.3) is 5.82 Å². The molecule has 2 aromatic rings. The second-order valence-electron chi connectivity index (χ2n) is 5.43. The van der Waals surface area contributed by atoms with Crippen LogP contribution in [0.4, 0.5) is 0 Å². The molecule has 2 aromatic heterocycles. The van der Waals surface area contributed by atoms with Gasteiger partial charge in [0, 0.05) is 32.1 Å². The van der Waals surface area contributed by atoms with E-state index in [4.69, 9.17) is 5.11 Å². The van der Waals surface area contributed by atoms with Gasteiger partial charge in [-0.05, 0) is 24.5 Å². The minimum Gasteiger partial charge on any atom is -0.396 e. The monoisotopic (exact) mass is 290 g/mol. The van der Waals surface area contributed by atoms with Gasteiger partial charge in [-0.3, -0.25) is 9.48 Å². The number of amides is 1. The van der Waals surface area contributed by atoms with Gasteiger partial charge in [-0.25, -0.2) is 0 Å². The zero-order valence-corrected chi connectivity index (χ0v) is 12.7. The maximum absolute atomic E-state index is 12.5. The van der Waals surface area contributed by atoms with E-state index < -0.39 is 0 Å². The first kappa shape index (κ1) is 15.3. The van der Waals surface area contributed by atoms with Gasteiger partial charge in [0.05, 0.1) is 6.20 Å². The molecule has 2 rings (SSSR count). The van der Waals surface area contributed by atoms with Crippen molar-refractivity contribution in [2.75, 3.05) is 6.61 Å². The van der Waals surface area contributed by atoms with E-state index in [1.54, 1.807) is 17.9 Å². The zero-order valence-electron chi connectivity index (χ0n) is 12.7. The normalized spacial score (nSPS) is 12.6. The van der Waals surface area contributed by atoms with Gasteiger partial charge in [0.1, 0.15) is 11.4 Å². The third kappa shape index (κ3) is 3.33. The molecule has 0 aliphatic carbocycles. The summed E-state index contributed by atoms with van der Waals surface area (Å²) >= 11 is 0. The maximum Gasteiger partial charge on any atom is 0.256 e. The smallest absolute Gasteiger partial charge is 0.256 e. The lowest BCUT2D eigenvalue weighted by Gasteiger charge is -2.21. The summed E-state index contributed by atoms with van der Waals surface area (Å²) in [6, 6.07) is 3.74. The van der Waals surface area contributed by atoms with Crippen molar-refractivity contribution in [1.29, 1.82) is 0 Å². The minimum absolute atomic E-state index is 0.0554. The van der Waals surface area contributed by atoms with Gasteiger partial charge in [0.25, 0.3) is 5.91 Å². The van der Waals surface area contributed by atoms with E-state index in [1.807, 2.05) is 42.9 Å². The molecule has 0 aliphatic heterocycles. The molecule has 0 bridgehead atoms. The Morgan fingerprint density at radius 3 is 2.62 bits per heavy atom. The number of carbonyl (C=O) groups is 1. The molecule has 0 saturated heterocycles. The first-order chi connectivity index (χ1) is 10.0. The predicted octanol–water partition coefficient (Wildman–Crippen LogP) is 1.35. The highest BCUT2D eigenvalue weighted by Crippen LogP contribution is 2.15. The fraction of sp³-hybridized carbons (Fsp3) is 0.467. The molecule has 114 valence electrons. The maximum atomic E-state index is 12.5. The topological polar surface area (TPSA) is 72.1 Å². The molecule has 6 nitrogen and oxygen atoms in total. The van der Waals surface area contributed by atoms with Crippen molar-refractivity contribution < 1.29 is 9.90 Å². The highest BCUT2D eigenvalue weighted by Gasteiger charge is 2.21. The summed E-state index contributed by atoms with van der Waals surface area (Å²) in [6.07, 6.45) is 5.87. The molecule has 1 unspecified atom stereocenters. The molecule has 6 heteroatoms. The van der Waals surface area contributed by atoms with E-state index in [2.05, 4.69) is 10.4 Å². The van der Waals surface area contributed by atoms with Gasteiger partial charge in [0.15, 0.2) is 0 Å². The molecule has 0 aliphatic rings. The fourth-order valence-corrected chi connectivity index (χ4v) is 2.33. The number of aromatic nitrogens is 3. The van der Waals surface area contributed by atoms with E-state index in [9.17, 15) is 4.79 Å². The largest absolute Gasteiger partial charge is 0.396 e. The molecule has 0 aromatic carbocycles. The first-order valence-electron chi connectivity index (χ1n) is 7.11. The SMILES string of the molecule is CC(C)C(CCO)NC(=O)c1cnn(C)c1-n1cccc1. The van der Waals surface area contributed by atoms with Gasteiger partial charge < -0.3 is 15.0 Å². The van der Waals surface area contributed by atoms with E-state index in [0.29, 0.717) is 12.0 Å². The van der Waals surface area contributed by atoms with Gasteiger partial charge in [-0.15, -0.1) is 0 Å². The Kier molecular flexibility index (Phi) is 4.80. The summed E-state index contributed by atoms with van der Waals surface area (Å²) in [5, 5.41) is 16.3. The van der Waals surface area contributed by atoms with Crippen LogP contribution < -0.4 is 5.32 Å². The summed E-state index contributed by atoms with van der Waals surface area (Å²) in [4.78, 5) is 12.5. The van der Waals surface area contributed by atoms with Crippen LogP contribution in [0.2, 0.25) is 0 Å². The van der Waals surface area contributed by atoms with Gasteiger partial charge >= 0.3 is 0 Å². The number of nitrogens with zero attached hydrogens (tertiary/aromatic N) is 3. The Labute approximate surface area is 124 Å². The average molecular weight is 290 g/mol. The highest BCUT2D eigenvalue weighted by molar-refractivity contribution is 5.97. The summed E-state index contributed by atoms with van der Waals surface area (Å²) < 4.78 is 3.53. The Morgan fingerprint density at radius 2 is 2.05 bits per heavy atom. The van der Waals surface area contributed by atoms with E-state index >= 15 is 0 Å². The second-order valence-corrected chi connectivity index (χ2v) is 5.43. The van der Waals surface area contributed by atoms with Crippen LogP contribution in [0, 0.1) is 5.92 Å². The molecule has 1 atom stereocenters. The Balaban J connectivity index is 2.24. The van der Waals surface area contributed by atoms with Crippen LogP contribution in [0.1, 0.15) is 30.6 Å². The second kappa shape index (κ2) is 6.58. The summed E-state index contributed by atoms with van der Waals surface area (Å²) in [7, 11) is 1.81. The molecule has 2 N–H and O–H groups in total. The van der Waals surface area contributed by atoms with E-state index in [-0.39, 0.29) is 24.5 Å². The van der Waals surface area contributed by atoms with Gasteiger partial charge in [-0.1, -0.05) is 13.8 Å². The number of carbonyl (C=O) groups excluding carboxylic acids is 1. The Bertz CT molecular complexity index is 587. The lowest BCUT2D eigenvalue weighted by molar-refractivity contribution is 0.0916. The van der Waals surface area contributed by atoms with Crippen LogP contribution in [-0.2, 0) is 7.05 Å². The molecule has 0 spiro atoms. The highest BCUT2D eigenvalue weighted by atomic mass is 16.3. The van der Waals surface area contributed by atoms with Crippen molar-refractivity contribution in [2.24, 2.45) is 13.0 Å².